The number of ether oxygens (including phenoxy) is 1. The molecule has 0 aliphatic heterocycles. The number of carbonyl (C=O) groups excluding carboxylic acids is 2. The molecule has 2 unspecified atom stereocenters. The van der Waals surface area contributed by atoms with Crippen molar-refractivity contribution in [1.82, 2.24) is 20.6 Å². The Kier molecular flexibility index (Phi) is 4.34. The fourth-order valence-electron chi connectivity index (χ4n) is 6.10. The van der Waals surface area contributed by atoms with Crippen LogP contribution in [0.25, 0.3) is 0 Å². The summed E-state index contributed by atoms with van der Waals surface area (Å²) >= 11 is 1.42. The second-order valence-electron chi connectivity index (χ2n) is 8.98. The number of aryl methyl sites for hydroxylation is 1. The Morgan fingerprint density at radius 2 is 1.86 bits per heavy atom. The van der Waals surface area contributed by atoms with E-state index in [1.807, 2.05) is 19.1 Å². The van der Waals surface area contributed by atoms with Gasteiger partial charge < -0.3 is 15.4 Å². The molecular formula is C21H24N4O3S. The monoisotopic (exact) mass is 412 g/mol. The number of nitrogens with one attached hydrogen (secondary N) is 2. The average Bonchev–Trinajstić information content (AvgIpc) is 3.14. The van der Waals surface area contributed by atoms with Gasteiger partial charge in [-0.1, -0.05) is 6.07 Å². The zero-order chi connectivity index (χ0) is 20.1. The van der Waals surface area contributed by atoms with Gasteiger partial charge in [-0.25, -0.2) is 14.8 Å². The topological polar surface area (TPSA) is 93.2 Å². The number of carbonyl (C=O) groups is 2. The van der Waals surface area contributed by atoms with Crippen LogP contribution in [0.3, 0.4) is 0 Å². The molecule has 6 rings (SSSR count). The van der Waals surface area contributed by atoms with Crippen LogP contribution in [0.5, 0.6) is 5.88 Å². The maximum Gasteiger partial charge on any atom is 0.414 e. The van der Waals surface area contributed by atoms with Crippen LogP contribution in [0.1, 0.15) is 54.7 Å². The number of thiazole rings is 1. The van der Waals surface area contributed by atoms with E-state index in [1.54, 1.807) is 17.0 Å². The Morgan fingerprint density at radius 1 is 1.14 bits per heavy atom. The molecule has 0 saturated heterocycles. The molecule has 4 saturated carbocycles. The van der Waals surface area contributed by atoms with E-state index in [4.69, 9.17) is 4.74 Å². The third kappa shape index (κ3) is 3.61. The van der Waals surface area contributed by atoms with E-state index < -0.39 is 6.09 Å². The average molecular weight is 413 g/mol. The highest BCUT2D eigenvalue weighted by atomic mass is 32.1. The summed E-state index contributed by atoms with van der Waals surface area (Å²) in [6.07, 6.45) is 5.26. The summed E-state index contributed by atoms with van der Waals surface area (Å²) in [6.45, 7) is 1.86. The molecular weight excluding hydrogens is 388 g/mol. The van der Waals surface area contributed by atoms with Crippen LogP contribution in [0, 0.1) is 18.8 Å². The first-order chi connectivity index (χ1) is 13.9. The smallest absolute Gasteiger partial charge is 0.391 e. The van der Waals surface area contributed by atoms with Gasteiger partial charge in [0, 0.05) is 28.2 Å². The Labute approximate surface area is 173 Å². The number of pyridine rings is 1. The predicted octanol–water partition coefficient (Wildman–Crippen LogP) is 3.46. The highest BCUT2D eigenvalue weighted by molar-refractivity contribution is 7.07. The van der Waals surface area contributed by atoms with E-state index in [0.717, 1.165) is 37.8 Å². The number of nitrogens with zero attached hydrogens (tertiary/aromatic N) is 2. The summed E-state index contributed by atoms with van der Waals surface area (Å²) in [4.78, 5) is 33.7. The Morgan fingerprint density at radius 3 is 2.52 bits per heavy atom. The van der Waals surface area contributed by atoms with Crippen molar-refractivity contribution in [3.8, 4) is 5.88 Å². The van der Waals surface area contributed by atoms with Crippen molar-refractivity contribution in [2.24, 2.45) is 11.8 Å². The van der Waals surface area contributed by atoms with E-state index in [-0.39, 0.29) is 17.0 Å². The minimum atomic E-state index is -0.467. The number of rotatable bonds is 4. The molecule has 8 heteroatoms. The lowest BCUT2D eigenvalue weighted by molar-refractivity contribution is -0.0450. The van der Waals surface area contributed by atoms with Crippen LogP contribution in [-0.2, 0) is 0 Å². The molecule has 0 radical (unpaired) electrons. The minimum absolute atomic E-state index is 0.116. The van der Waals surface area contributed by atoms with E-state index >= 15 is 0 Å². The molecule has 4 fully saturated rings. The standard InChI is InChI=1S/C21H24N4O3S/c1-13-3-2-4-17(23-13)28-19(27)25-21-8-14-5-15(9-21)7-20(6-14,11-21)24-18(26)16-10-29-12-22-16/h2-4,10,12,14-15H,5-9,11H2,1H3,(H,24,26)(H,25,27). The molecule has 2 aromatic rings. The summed E-state index contributed by atoms with van der Waals surface area (Å²) in [6, 6.07) is 5.36. The van der Waals surface area contributed by atoms with Gasteiger partial charge in [0.05, 0.1) is 5.51 Å². The van der Waals surface area contributed by atoms with E-state index in [0.29, 0.717) is 23.4 Å². The molecule has 0 spiro atoms. The van der Waals surface area contributed by atoms with E-state index in [9.17, 15) is 9.59 Å². The van der Waals surface area contributed by atoms with Crippen molar-refractivity contribution >= 4 is 23.3 Å². The lowest BCUT2D eigenvalue weighted by Gasteiger charge is -2.61. The normalized spacial score (nSPS) is 32.0. The number of hydrogen-bond donors (Lipinski definition) is 2. The van der Waals surface area contributed by atoms with Crippen molar-refractivity contribution in [1.29, 1.82) is 0 Å². The SMILES string of the molecule is Cc1cccc(OC(=O)NC23CC4CC(C2)CC(NC(=O)c2cscn2)(C4)C3)n1. The van der Waals surface area contributed by atoms with Gasteiger partial charge in [-0.15, -0.1) is 11.3 Å². The molecule has 4 bridgehead atoms. The third-order valence-corrected chi connectivity index (χ3v) is 7.12. The van der Waals surface area contributed by atoms with Crippen LogP contribution >= 0.6 is 11.3 Å². The first kappa shape index (κ1) is 18.5. The highest BCUT2D eigenvalue weighted by Crippen LogP contribution is 2.57. The summed E-state index contributed by atoms with van der Waals surface area (Å²) < 4.78 is 5.45. The fourth-order valence-corrected chi connectivity index (χ4v) is 6.63. The van der Waals surface area contributed by atoms with Gasteiger partial charge in [-0.2, -0.15) is 0 Å². The van der Waals surface area contributed by atoms with Gasteiger partial charge in [0.15, 0.2) is 0 Å². The number of aromatic nitrogens is 2. The summed E-state index contributed by atoms with van der Waals surface area (Å²) in [7, 11) is 0. The Bertz CT molecular complexity index is 931. The quantitative estimate of drug-likeness (QED) is 0.802. The summed E-state index contributed by atoms with van der Waals surface area (Å²) in [5.74, 6) is 1.20. The summed E-state index contributed by atoms with van der Waals surface area (Å²) in [5, 5.41) is 8.22. The lowest BCUT2D eigenvalue weighted by Crippen LogP contribution is -2.70. The molecule has 2 heterocycles. The largest absolute Gasteiger partial charge is 0.414 e. The van der Waals surface area contributed by atoms with E-state index in [2.05, 4.69) is 20.6 Å². The van der Waals surface area contributed by atoms with Gasteiger partial charge >= 0.3 is 6.09 Å². The van der Waals surface area contributed by atoms with Crippen LogP contribution in [0.2, 0.25) is 0 Å². The summed E-state index contributed by atoms with van der Waals surface area (Å²) in [5.41, 5.74) is 2.33. The van der Waals surface area contributed by atoms with Crippen LogP contribution < -0.4 is 15.4 Å². The first-order valence-electron chi connectivity index (χ1n) is 10.1. The molecule has 2 atom stereocenters. The van der Waals surface area contributed by atoms with E-state index in [1.165, 1.54) is 17.8 Å². The second kappa shape index (κ2) is 6.79. The number of amides is 2. The Balaban J connectivity index is 1.32. The Hall–Kier alpha value is -2.48. The lowest BCUT2D eigenvalue weighted by atomic mass is 9.50. The molecule has 152 valence electrons. The van der Waals surface area contributed by atoms with Crippen molar-refractivity contribution in [2.75, 3.05) is 0 Å². The minimum Gasteiger partial charge on any atom is -0.391 e. The molecule has 7 nitrogen and oxygen atoms in total. The molecule has 2 aromatic heterocycles. The highest BCUT2D eigenvalue weighted by Gasteiger charge is 2.59. The van der Waals surface area contributed by atoms with Crippen molar-refractivity contribution in [3.05, 3.63) is 40.5 Å². The van der Waals surface area contributed by atoms with Crippen LogP contribution in [0.15, 0.2) is 29.1 Å². The second-order valence-corrected chi connectivity index (χ2v) is 9.70. The van der Waals surface area contributed by atoms with Crippen LogP contribution in [-0.4, -0.2) is 33.0 Å². The van der Waals surface area contributed by atoms with Gasteiger partial charge in [0.1, 0.15) is 5.69 Å². The zero-order valence-corrected chi connectivity index (χ0v) is 17.1. The van der Waals surface area contributed by atoms with Crippen molar-refractivity contribution < 1.29 is 14.3 Å². The first-order valence-corrected chi connectivity index (χ1v) is 11.0. The molecule has 4 aliphatic rings. The van der Waals surface area contributed by atoms with Crippen molar-refractivity contribution in [2.45, 2.75) is 56.5 Å². The maximum absolute atomic E-state index is 12.7. The van der Waals surface area contributed by atoms with Gasteiger partial charge in [0.25, 0.3) is 5.91 Å². The van der Waals surface area contributed by atoms with Gasteiger partial charge in [0.2, 0.25) is 5.88 Å². The van der Waals surface area contributed by atoms with Crippen LogP contribution in [0.4, 0.5) is 4.79 Å². The molecule has 29 heavy (non-hydrogen) atoms. The molecule has 0 aromatic carbocycles. The zero-order valence-electron chi connectivity index (χ0n) is 16.3. The predicted molar refractivity (Wildman–Crippen MR) is 108 cm³/mol. The molecule has 2 amide bonds. The fraction of sp³-hybridized carbons (Fsp3) is 0.524. The third-order valence-electron chi connectivity index (χ3n) is 6.53. The van der Waals surface area contributed by atoms with Crippen molar-refractivity contribution in [3.63, 3.8) is 0 Å². The van der Waals surface area contributed by atoms with Gasteiger partial charge in [-0.05, 0) is 63.4 Å². The maximum atomic E-state index is 12.7. The van der Waals surface area contributed by atoms with Gasteiger partial charge in [-0.3, -0.25) is 4.79 Å². The molecule has 4 aliphatic carbocycles. The number of hydrogen-bond acceptors (Lipinski definition) is 6. The molecule has 2 N–H and O–H groups in total.